The van der Waals surface area contributed by atoms with Crippen LogP contribution in [0.1, 0.15) is 29.2 Å². The van der Waals surface area contributed by atoms with Crippen molar-refractivity contribution in [1.82, 2.24) is 9.80 Å². The lowest BCUT2D eigenvalue weighted by Gasteiger charge is -2.50. The van der Waals surface area contributed by atoms with Crippen LogP contribution in [0.4, 0.5) is 4.39 Å². The Hall–Kier alpha value is -2.75. The monoisotopic (exact) mass is 562 g/mol. The Morgan fingerprint density at radius 2 is 1.86 bits per heavy atom. The van der Waals surface area contributed by atoms with E-state index in [0.29, 0.717) is 5.57 Å². The number of alkyl halides is 2. The molecule has 7 nitrogen and oxygen atoms in total. The first-order valence-corrected chi connectivity index (χ1v) is 13.4. The van der Waals surface area contributed by atoms with Crippen LogP contribution in [0.15, 0.2) is 47.4 Å². The van der Waals surface area contributed by atoms with E-state index in [1.807, 2.05) is 17.5 Å². The number of carbonyl (C=O) groups excluding carboxylic acids is 4. The van der Waals surface area contributed by atoms with Crippen LogP contribution < -0.4 is 0 Å². The van der Waals surface area contributed by atoms with Gasteiger partial charge in [0, 0.05) is 17.8 Å². The fourth-order valence-corrected chi connectivity index (χ4v) is 8.31. The van der Waals surface area contributed by atoms with Crippen molar-refractivity contribution in [1.29, 1.82) is 0 Å². The lowest BCUT2D eigenvalue weighted by Crippen LogP contribution is -2.60. The Morgan fingerprint density at radius 1 is 1.11 bits per heavy atom. The molecule has 37 heavy (non-hydrogen) atoms. The summed E-state index contributed by atoms with van der Waals surface area (Å²) in [5, 5.41) is 11.6. The van der Waals surface area contributed by atoms with Gasteiger partial charge in [0.05, 0.1) is 18.4 Å². The topological polar surface area (TPSA) is 95.0 Å². The third-order valence-corrected chi connectivity index (χ3v) is 10.6. The molecule has 1 aromatic heterocycles. The average molecular weight is 563 g/mol. The zero-order valence-corrected chi connectivity index (χ0v) is 21.8. The smallest absolute Gasteiger partial charge is 0.253 e. The minimum absolute atomic E-state index is 0.122. The van der Waals surface area contributed by atoms with Gasteiger partial charge in [0.25, 0.3) is 11.8 Å². The number of hydrogen-bond donors (Lipinski definition) is 1. The van der Waals surface area contributed by atoms with Crippen LogP contribution in [-0.4, -0.2) is 55.3 Å². The number of thiophene rings is 1. The Labute approximate surface area is 225 Å². The highest BCUT2D eigenvalue weighted by Gasteiger charge is 2.75. The molecule has 6 rings (SSSR count). The minimum atomic E-state index is -1.98. The van der Waals surface area contributed by atoms with E-state index in [1.165, 1.54) is 29.4 Å². The van der Waals surface area contributed by atoms with E-state index >= 15 is 0 Å². The third-order valence-electron chi connectivity index (χ3n) is 8.30. The van der Waals surface area contributed by atoms with Crippen molar-refractivity contribution >= 4 is 58.2 Å². The van der Waals surface area contributed by atoms with Gasteiger partial charge in [0.1, 0.15) is 0 Å². The molecule has 2 aromatic rings. The number of halogens is 3. The molecule has 2 aliphatic carbocycles. The van der Waals surface area contributed by atoms with E-state index < -0.39 is 56.8 Å². The number of imide groups is 2. The number of amides is 4. The highest BCUT2D eigenvalue weighted by atomic mass is 35.5. The molecule has 3 fully saturated rings. The lowest BCUT2D eigenvalue weighted by molar-refractivity contribution is -0.141. The number of rotatable bonds is 3. The number of hydrogen-bond acceptors (Lipinski definition) is 6. The molecule has 4 aliphatic rings. The summed E-state index contributed by atoms with van der Waals surface area (Å²) in [7, 11) is 1.29. The summed E-state index contributed by atoms with van der Waals surface area (Å²) in [6.45, 7) is 0.155. The number of benzene rings is 1. The molecule has 1 aromatic carbocycles. The Morgan fingerprint density at radius 3 is 2.54 bits per heavy atom. The number of nitrogens with zero attached hydrogens (tertiary/aromatic N) is 2. The van der Waals surface area contributed by atoms with E-state index in [9.17, 15) is 28.7 Å². The lowest BCUT2D eigenvalue weighted by atomic mass is 9.56. The summed E-state index contributed by atoms with van der Waals surface area (Å²) in [6.07, 6.45) is 1.90. The molecule has 6 atom stereocenters. The Kier molecular flexibility index (Phi) is 5.40. The zero-order valence-electron chi connectivity index (χ0n) is 19.5. The first kappa shape index (κ1) is 24.6. The molecular weight excluding hydrogens is 542 g/mol. The summed E-state index contributed by atoms with van der Waals surface area (Å²) in [4.78, 5) is 52.9. The summed E-state index contributed by atoms with van der Waals surface area (Å²) in [5.74, 6) is -6.72. The average Bonchev–Trinajstić information content (AvgIpc) is 3.50. The van der Waals surface area contributed by atoms with Gasteiger partial charge in [-0.25, -0.2) is 4.39 Å². The van der Waals surface area contributed by atoms with Crippen molar-refractivity contribution in [3.05, 3.63) is 63.6 Å². The molecule has 0 spiro atoms. The number of aromatic hydroxyl groups is 1. The van der Waals surface area contributed by atoms with E-state index in [-0.39, 0.29) is 36.8 Å². The second kappa shape index (κ2) is 8.12. The molecule has 192 valence electrons. The number of phenolic OH excluding ortho intramolecular Hbond substituents is 1. The normalized spacial score (nSPS) is 35.0. The van der Waals surface area contributed by atoms with Crippen LogP contribution in [0.2, 0.25) is 0 Å². The number of carbonyl (C=O) groups is 4. The SMILES string of the molecule is CN1C(=O)C2(Cl)CC3C(=CCC4C(=O)N(Cc5cccs5)C(=O)C43)C(c3ccc(O)c(F)c3)C2(Cl)C1=O. The highest BCUT2D eigenvalue weighted by molar-refractivity contribution is 7.09. The van der Waals surface area contributed by atoms with Crippen LogP contribution in [0.5, 0.6) is 5.75 Å². The van der Waals surface area contributed by atoms with E-state index in [2.05, 4.69) is 0 Å². The van der Waals surface area contributed by atoms with Crippen LogP contribution in [0.3, 0.4) is 0 Å². The van der Waals surface area contributed by atoms with Gasteiger partial charge in [-0.05, 0) is 47.9 Å². The van der Waals surface area contributed by atoms with Gasteiger partial charge >= 0.3 is 0 Å². The predicted molar refractivity (Wildman–Crippen MR) is 133 cm³/mol. The van der Waals surface area contributed by atoms with Gasteiger partial charge in [-0.15, -0.1) is 34.5 Å². The van der Waals surface area contributed by atoms with E-state index in [4.69, 9.17) is 23.2 Å². The van der Waals surface area contributed by atoms with Gasteiger partial charge in [0.15, 0.2) is 21.3 Å². The van der Waals surface area contributed by atoms with Gasteiger partial charge in [0.2, 0.25) is 11.8 Å². The van der Waals surface area contributed by atoms with E-state index in [0.717, 1.165) is 21.9 Å². The maximum absolute atomic E-state index is 14.5. The van der Waals surface area contributed by atoms with Crippen molar-refractivity contribution in [2.24, 2.45) is 17.8 Å². The number of allylic oxidation sites excluding steroid dienone is 2. The summed E-state index contributed by atoms with van der Waals surface area (Å²) in [5.41, 5.74) is 0.821. The van der Waals surface area contributed by atoms with Crippen LogP contribution in [-0.2, 0) is 25.7 Å². The molecule has 3 heterocycles. The first-order chi connectivity index (χ1) is 17.5. The molecule has 4 amide bonds. The van der Waals surface area contributed by atoms with Gasteiger partial charge in [-0.1, -0.05) is 23.8 Å². The van der Waals surface area contributed by atoms with Gasteiger partial charge < -0.3 is 5.11 Å². The molecule has 11 heteroatoms. The summed E-state index contributed by atoms with van der Waals surface area (Å²) >= 11 is 15.5. The predicted octanol–water partition coefficient (Wildman–Crippen LogP) is 3.78. The fraction of sp³-hybridized carbons (Fsp3) is 0.385. The molecule has 0 radical (unpaired) electrons. The Balaban J connectivity index is 1.49. The fourth-order valence-electron chi connectivity index (χ4n) is 6.60. The van der Waals surface area contributed by atoms with Crippen molar-refractivity contribution in [2.75, 3.05) is 7.05 Å². The molecule has 2 saturated heterocycles. The van der Waals surface area contributed by atoms with Crippen molar-refractivity contribution in [2.45, 2.75) is 35.1 Å². The van der Waals surface area contributed by atoms with Crippen LogP contribution in [0, 0.1) is 23.6 Å². The first-order valence-electron chi connectivity index (χ1n) is 11.8. The van der Waals surface area contributed by atoms with Crippen molar-refractivity contribution < 1.29 is 28.7 Å². The number of phenols is 1. The van der Waals surface area contributed by atoms with Gasteiger partial charge in [-0.3, -0.25) is 29.0 Å². The molecular formula is C26H21Cl2FN2O5S. The van der Waals surface area contributed by atoms with Crippen molar-refractivity contribution in [3.63, 3.8) is 0 Å². The van der Waals surface area contributed by atoms with Crippen molar-refractivity contribution in [3.8, 4) is 5.75 Å². The molecule has 2 aliphatic heterocycles. The maximum Gasteiger partial charge on any atom is 0.253 e. The quantitative estimate of drug-likeness (QED) is 0.349. The summed E-state index contributed by atoms with van der Waals surface area (Å²) in [6, 6.07) is 7.34. The van der Waals surface area contributed by atoms with Crippen LogP contribution in [0.25, 0.3) is 0 Å². The number of likely N-dealkylation sites (tertiary alicyclic amines) is 2. The third kappa shape index (κ3) is 3.11. The zero-order chi connectivity index (χ0) is 26.4. The molecule has 1 N–H and O–H groups in total. The molecule has 0 bridgehead atoms. The van der Waals surface area contributed by atoms with Gasteiger partial charge in [-0.2, -0.15) is 0 Å². The molecule has 1 saturated carbocycles. The van der Waals surface area contributed by atoms with E-state index in [1.54, 1.807) is 6.08 Å². The van der Waals surface area contributed by atoms with Crippen LogP contribution >= 0.6 is 34.5 Å². The Bertz CT molecular complexity index is 1410. The summed E-state index contributed by atoms with van der Waals surface area (Å²) < 4.78 is 14.5. The standard InChI is InChI=1S/C26H21Cl2FN2O5S/c1-30-23(35)25(27)10-16-14(20(26(25,28)24(30)36)12-4-7-18(32)17(29)9-12)5-6-15-19(16)22(34)31(21(15)33)11-13-3-2-8-37-13/h2-5,7-9,15-16,19-20,32H,6,10-11H2,1H3. The minimum Gasteiger partial charge on any atom is -0.505 e. The second-order valence-corrected chi connectivity index (χ2v) is 12.3. The maximum atomic E-state index is 14.5. The largest absolute Gasteiger partial charge is 0.505 e. The molecule has 6 unspecified atom stereocenters. The second-order valence-electron chi connectivity index (χ2n) is 10.1. The number of fused-ring (bicyclic) bond motifs is 4. The highest BCUT2D eigenvalue weighted by Crippen LogP contribution is 2.65.